The van der Waals surface area contributed by atoms with Gasteiger partial charge in [-0.1, -0.05) is 56.8 Å². The van der Waals surface area contributed by atoms with Gasteiger partial charge in [0.1, 0.15) is 0 Å². The van der Waals surface area contributed by atoms with Gasteiger partial charge in [-0.05, 0) is 55.5 Å². The summed E-state index contributed by atoms with van der Waals surface area (Å²) in [6.07, 6.45) is 3.38. The van der Waals surface area contributed by atoms with Crippen LogP contribution in [0.1, 0.15) is 45.7 Å². The van der Waals surface area contributed by atoms with Crippen molar-refractivity contribution in [3.8, 4) is 11.1 Å². The summed E-state index contributed by atoms with van der Waals surface area (Å²) in [5.41, 5.74) is 10.9. The van der Waals surface area contributed by atoms with Crippen molar-refractivity contribution in [1.29, 1.82) is 0 Å². The van der Waals surface area contributed by atoms with E-state index in [1.165, 1.54) is 0 Å². The smallest absolute Gasteiger partial charge is 0.235 e. The third kappa shape index (κ3) is 5.34. The number of nitrogen functional groups attached to an aromatic ring is 1. The van der Waals surface area contributed by atoms with Gasteiger partial charge in [0, 0.05) is 29.4 Å². The van der Waals surface area contributed by atoms with E-state index < -0.39 is 5.41 Å². The molecule has 1 unspecified atom stereocenters. The first-order valence-electron chi connectivity index (χ1n) is 10.9. The fraction of sp³-hybridized carbons (Fsp3) is 0.259. The number of anilines is 2. The Hall–Kier alpha value is -3.80. The van der Waals surface area contributed by atoms with Gasteiger partial charge in [-0.15, -0.1) is 0 Å². The van der Waals surface area contributed by atoms with Crippen LogP contribution in [0.25, 0.3) is 16.8 Å². The average molecular weight is 442 g/mol. The van der Waals surface area contributed by atoms with Gasteiger partial charge in [-0.2, -0.15) is 0 Å². The first-order valence-corrected chi connectivity index (χ1v) is 10.9. The Labute approximate surface area is 195 Å². The minimum absolute atomic E-state index is 0.0601. The zero-order chi connectivity index (χ0) is 24.2. The number of benzene rings is 2. The van der Waals surface area contributed by atoms with Crippen LogP contribution < -0.4 is 11.1 Å². The quantitative estimate of drug-likeness (QED) is 0.458. The Kier molecular flexibility index (Phi) is 7.07. The molecular weight excluding hydrogens is 410 g/mol. The van der Waals surface area contributed by atoms with Crippen molar-refractivity contribution in [2.75, 3.05) is 11.1 Å². The highest BCUT2D eigenvalue weighted by molar-refractivity contribution is 5.99. The maximum absolute atomic E-state index is 13.4. The van der Waals surface area contributed by atoms with Crippen molar-refractivity contribution in [2.45, 2.75) is 40.0 Å². The number of nitrogens with two attached hydrogens (primary N) is 1. The molecule has 0 aliphatic heterocycles. The van der Waals surface area contributed by atoms with Crippen molar-refractivity contribution >= 4 is 29.0 Å². The molecule has 1 amide bonds. The molecule has 6 nitrogen and oxygen atoms in total. The number of carbonyl (C=O) groups is 1. The second-order valence-electron chi connectivity index (χ2n) is 8.80. The molecule has 0 aliphatic rings. The summed E-state index contributed by atoms with van der Waals surface area (Å²) in [7, 11) is 0. The van der Waals surface area contributed by atoms with E-state index in [4.69, 9.17) is 5.73 Å². The molecule has 3 rings (SSSR count). The normalized spacial score (nSPS) is 12.7. The molecule has 3 N–H and O–H groups in total. The van der Waals surface area contributed by atoms with Crippen LogP contribution in [0.4, 0.5) is 11.6 Å². The first-order chi connectivity index (χ1) is 15.6. The van der Waals surface area contributed by atoms with Crippen LogP contribution in [0.15, 0.2) is 72.5 Å². The second kappa shape index (κ2) is 9.77. The SMILES string of the molecule is C=C(N=C(C)C)c1ccc(NC(=O)C(C)(c2ccc(-c3cnc(N)nc3)cc2)C(C)C)cc1. The van der Waals surface area contributed by atoms with Crippen LogP contribution in [0, 0.1) is 5.92 Å². The minimum Gasteiger partial charge on any atom is -0.368 e. The van der Waals surface area contributed by atoms with E-state index in [-0.39, 0.29) is 17.8 Å². The molecule has 1 heterocycles. The lowest BCUT2D eigenvalue weighted by Gasteiger charge is -2.33. The Morgan fingerprint density at radius 2 is 1.58 bits per heavy atom. The van der Waals surface area contributed by atoms with Crippen LogP contribution in [0.3, 0.4) is 0 Å². The van der Waals surface area contributed by atoms with Gasteiger partial charge >= 0.3 is 0 Å². The third-order valence-corrected chi connectivity index (χ3v) is 5.95. The van der Waals surface area contributed by atoms with Crippen LogP contribution in [-0.4, -0.2) is 21.6 Å². The maximum Gasteiger partial charge on any atom is 0.235 e. The van der Waals surface area contributed by atoms with E-state index in [0.29, 0.717) is 5.70 Å². The summed E-state index contributed by atoms with van der Waals surface area (Å²) in [6.45, 7) is 14.0. The van der Waals surface area contributed by atoms with Gasteiger partial charge in [0.25, 0.3) is 0 Å². The zero-order valence-corrected chi connectivity index (χ0v) is 19.9. The summed E-state index contributed by atoms with van der Waals surface area (Å²) in [4.78, 5) is 25.9. The van der Waals surface area contributed by atoms with Crippen molar-refractivity contribution in [3.63, 3.8) is 0 Å². The van der Waals surface area contributed by atoms with Gasteiger partial charge in [0.15, 0.2) is 0 Å². The number of hydrogen-bond acceptors (Lipinski definition) is 5. The lowest BCUT2D eigenvalue weighted by atomic mass is 9.72. The maximum atomic E-state index is 13.4. The first kappa shape index (κ1) is 23.9. The Balaban J connectivity index is 1.82. The molecule has 0 spiro atoms. The van der Waals surface area contributed by atoms with Gasteiger partial charge in [0.05, 0.1) is 11.1 Å². The van der Waals surface area contributed by atoms with Crippen molar-refractivity contribution in [1.82, 2.24) is 9.97 Å². The number of hydrogen-bond donors (Lipinski definition) is 2. The number of carbonyl (C=O) groups excluding carboxylic acids is 1. The highest BCUT2D eigenvalue weighted by Gasteiger charge is 2.38. The largest absolute Gasteiger partial charge is 0.368 e. The monoisotopic (exact) mass is 441 g/mol. The molecule has 170 valence electrons. The molecule has 1 atom stereocenters. The second-order valence-corrected chi connectivity index (χ2v) is 8.80. The lowest BCUT2D eigenvalue weighted by molar-refractivity contribution is -0.122. The number of aromatic nitrogens is 2. The highest BCUT2D eigenvalue weighted by atomic mass is 16.2. The lowest BCUT2D eigenvalue weighted by Crippen LogP contribution is -2.42. The molecule has 3 aromatic rings. The molecule has 0 fully saturated rings. The number of nitrogens with one attached hydrogen (secondary N) is 1. The third-order valence-electron chi connectivity index (χ3n) is 5.95. The summed E-state index contributed by atoms with van der Waals surface area (Å²) in [5.74, 6) is 0.254. The summed E-state index contributed by atoms with van der Waals surface area (Å²) in [6, 6.07) is 15.5. The molecule has 2 aromatic carbocycles. The molecule has 33 heavy (non-hydrogen) atoms. The number of amides is 1. The van der Waals surface area contributed by atoms with Crippen LogP contribution >= 0.6 is 0 Å². The molecule has 0 bridgehead atoms. The molecule has 0 saturated carbocycles. The fourth-order valence-corrected chi connectivity index (χ4v) is 3.56. The fourth-order valence-electron chi connectivity index (χ4n) is 3.56. The molecular formula is C27H31N5O. The summed E-state index contributed by atoms with van der Waals surface area (Å²) in [5, 5.41) is 3.08. The molecule has 0 aliphatic carbocycles. The van der Waals surface area contributed by atoms with Crippen molar-refractivity contribution < 1.29 is 4.79 Å². The predicted octanol–water partition coefficient (Wildman–Crippen LogP) is 5.73. The van der Waals surface area contributed by atoms with E-state index in [1.54, 1.807) is 12.4 Å². The minimum atomic E-state index is -0.720. The topological polar surface area (TPSA) is 93.3 Å². The van der Waals surface area contributed by atoms with E-state index in [9.17, 15) is 4.79 Å². The molecule has 0 radical (unpaired) electrons. The van der Waals surface area contributed by atoms with Crippen molar-refractivity contribution in [2.24, 2.45) is 10.9 Å². The Morgan fingerprint density at radius 1 is 1.00 bits per heavy atom. The van der Waals surface area contributed by atoms with Gasteiger partial charge in [-0.25, -0.2) is 9.97 Å². The predicted molar refractivity (Wildman–Crippen MR) is 137 cm³/mol. The van der Waals surface area contributed by atoms with Gasteiger partial charge in [0.2, 0.25) is 11.9 Å². The number of aliphatic imine (C=N–C) groups is 1. The van der Waals surface area contributed by atoms with Gasteiger partial charge < -0.3 is 11.1 Å². The number of nitrogens with zero attached hydrogens (tertiary/aromatic N) is 3. The van der Waals surface area contributed by atoms with E-state index >= 15 is 0 Å². The van der Waals surface area contributed by atoms with E-state index in [0.717, 1.165) is 33.7 Å². The molecule has 0 saturated heterocycles. The summed E-state index contributed by atoms with van der Waals surface area (Å²) < 4.78 is 0. The Morgan fingerprint density at radius 3 is 2.09 bits per heavy atom. The van der Waals surface area contributed by atoms with Crippen molar-refractivity contribution in [3.05, 3.63) is 78.6 Å². The number of rotatable bonds is 7. The van der Waals surface area contributed by atoms with Gasteiger partial charge in [-0.3, -0.25) is 9.79 Å². The van der Waals surface area contributed by atoms with E-state index in [2.05, 4.69) is 40.7 Å². The highest BCUT2D eigenvalue weighted by Crippen LogP contribution is 2.35. The van der Waals surface area contributed by atoms with E-state index in [1.807, 2.05) is 69.3 Å². The average Bonchev–Trinajstić information content (AvgIpc) is 2.79. The molecule has 1 aromatic heterocycles. The standard InChI is InChI=1S/C27H31N5O/c1-17(2)27(6,23-11-7-21(8-12-23)22-15-29-26(28)30-16-22)25(33)32-24-13-9-20(10-14-24)19(5)31-18(3)4/h7-17H,5H2,1-4,6H3,(H,32,33)(H2,28,29,30). The zero-order valence-electron chi connectivity index (χ0n) is 19.9. The van der Waals surface area contributed by atoms with Crippen LogP contribution in [-0.2, 0) is 10.2 Å². The molecule has 6 heteroatoms. The van der Waals surface area contributed by atoms with Crippen LogP contribution in [0.2, 0.25) is 0 Å². The van der Waals surface area contributed by atoms with Crippen LogP contribution in [0.5, 0.6) is 0 Å². The Bertz CT molecular complexity index is 1160. The summed E-state index contributed by atoms with van der Waals surface area (Å²) >= 11 is 0.